The van der Waals surface area contributed by atoms with Crippen molar-refractivity contribution in [2.45, 2.75) is 52.7 Å². The molecule has 1 rings (SSSR count). The maximum Gasteiger partial charge on any atom is 0.422 e. The molecule has 1 amide bonds. The highest BCUT2D eigenvalue weighted by Gasteiger charge is 2.29. The molecule has 0 radical (unpaired) electrons. The van der Waals surface area contributed by atoms with Gasteiger partial charge in [-0.2, -0.15) is 13.1 Å². The molecule has 0 fully saturated rings. The van der Waals surface area contributed by atoms with E-state index in [1.807, 2.05) is 35.9 Å². The largest absolute Gasteiger partial charge is 0.443 e. The third kappa shape index (κ3) is 6.03. The van der Waals surface area contributed by atoms with Crippen LogP contribution < -0.4 is 9.44 Å². The van der Waals surface area contributed by atoms with Crippen LogP contribution >= 0.6 is 0 Å². The van der Waals surface area contributed by atoms with Gasteiger partial charge in [0.15, 0.2) is 0 Å². The van der Waals surface area contributed by atoms with E-state index in [-0.39, 0.29) is 0 Å². The minimum absolute atomic E-state index is 0.772. The second-order valence-electron chi connectivity index (χ2n) is 6.70. The lowest BCUT2D eigenvalue weighted by atomic mass is 9.95. The van der Waals surface area contributed by atoms with E-state index in [2.05, 4.69) is 4.72 Å². The number of rotatable bonds is 4. The summed E-state index contributed by atoms with van der Waals surface area (Å²) in [7, 11) is -4.04. The van der Waals surface area contributed by atoms with Gasteiger partial charge >= 0.3 is 16.3 Å². The zero-order valence-electron chi connectivity index (χ0n) is 13.9. The zero-order chi connectivity index (χ0) is 17.2. The molecule has 0 heterocycles. The Morgan fingerprint density at radius 3 is 2.00 bits per heavy atom. The highest BCUT2D eigenvalue weighted by Crippen LogP contribution is 2.21. The Morgan fingerprint density at radius 1 is 1.05 bits per heavy atom. The normalized spacial score (nSPS) is 12.8. The van der Waals surface area contributed by atoms with Crippen LogP contribution in [0.15, 0.2) is 24.3 Å². The number of ether oxygens (including phenoxy) is 1. The number of amides is 1. The summed E-state index contributed by atoms with van der Waals surface area (Å²) in [5.74, 6) is 0. The van der Waals surface area contributed by atoms with Gasteiger partial charge in [-0.15, -0.1) is 0 Å². The Hall–Kier alpha value is -1.60. The van der Waals surface area contributed by atoms with Crippen LogP contribution in [0.25, 0.3) is 0 Å². The first kappa shape index (κ1) is 18.4. The smallest absolute Gasteiger partial charge is 0.422 e. The number of hydrogen-bond acceptors (Lipinski definition) is 4. The molecule has 0 atom stereocenters. The van der Waals surface area contributed by atoms with Crippen LogP contribution in [0.5, 0.6) is 0 Å². The van der Waals surface area contributed by atoms with Gasteiger partial charge in [-0.05, 0) is 47.1 Å². The molecule has 6 nitrogen and oxygen atoms in total. The predicted molar refractivity (Wildman–Crippen MR) is 85.6 cm³/mol. The molecule has 0 aliphatic rings. The first-order valence-electron chi connectivity index (χ1n) is 6.93. The molecule has 2 N–H and O–H groups in total. The number of hydrogen-bond donors (Lipinski definition) is 2. The third-order valence-electron chi connectivity index (χ3n) is 2.78. The van der Waals surface area contributed by atoms with E-state index in [1.165, 1.54) is 0 Å². The quantitative estimate of drug-likeness (QED) is 0.890. The van der Waals surface area contributed by atoms with E-state index in [1.54, 1.807) is 34.6 Å². The lowest BCUT2D eigenvalue weighted by Crippen LogP contribution is -2.49. The molecule has 1 aromatic carbocycles. The average Bonchev–Trinajstić information content (AvgIpc) is 2.23. The Labute approximate surface area is 132 Å². The summed E-state index contributed by atoms with van der Waals surface area (Å²) in [6, 6.07) is 7.47. The van der Waals surface area contributed by atoms with Gasteiger partial charge in [0.25, 0.3) is 0 Å². The van der Waals surface area contributed by atoms with Gasteiger partial charge in [0, 0.05) is 0 Å². The fourth-order valence-electron chi connectivity index (χ4n) is 1.80. The fraction of sp³-hybridized carbons (Fsp3) is 0.533. The van der Waals surface area contributed by atoms with Crippen molar-refractivity contribution in [3.05, 3.63) is 35.4 Å². The van der Waals surface area contributed by atoms with E-state index in [0.29, 0.717) is 0 Å². The number of carbonyl (C=O) groups excluding carboxylic acids is 1. The van der Waals surface area contributed by atoms with Crippen molar-refractivity contribution in [3.8, 4) is 0 Å². The van der Waals surface area contributed by atoms with Crippen molar-refractivity contribution in [2.24, 2.45) is 0 Å². The van der Waals surface area contributed by atoms with Crippen LogP contribution in [-0.2, 0) is 20.5 Å². The van der Waals surface area contributed by atoms with Gasteiger partial charge in [0.2, 0.25) is 0 Å². The predicted octanol–water partition coefficient (Wildman–Crippen LogP) is 2.59. The number of nitrogens with one attached hydrogen (secondary N) is 2. The molecule has 0 saturated carbocycles. The highest BCUT2D eigenvalue weighted by molar-refractivity contribution is 7.88. The second kappa shape index (κ2) is 6.26. The van der Waals surface area contributed by atoms with Gasteiger partial charge in [-0.25, -0.2) is 9.52 Å². The lowest BCUT2D eigenvalue weighted by Gasteiger charge is -2.27. The highest BCUT2D eigenvalue weighted by atomic mass is 32.2. The Bertz CT molecular complexity index is 629. The topological polar surface area (TPSA) is 84.5 Å². The van der Waals surface area contributed by atoms with Crippen molar-refractivity contribution in [1.82, 2.24) is 9.44 Å². The molecule has 0 saturated heterocycles. The molecule has 0 aromatic heterocycles. The van der Waals surface area contributed by atoms with Gasteiger partial charge in [0.05, 0.1) is 5.54 Å². The first-order valence-corrected chi connectivity index (χ1v) is 8.41. The molecule has 124 valence electrons. The number of carbonyl (C=O) groups is 1. The molecule has 0 bridgehead atoms. The van der Waals surface area contributed by atoms with Crippen molar-refractivity contribution in [2.75, 3.05) is 0 Å². The molecule has 0 aliphatic heterocycles. The van der Waals surface area contributed by atoms with Crippen molar-refractivity contribution < 1.29 is 17.9 Å². The van der Waals surface area contributed by atoms with E-state index in [4.69, 9.17) is 4.74 Å². The van der Waals surface area contributed by atoms with Gasteiger partial charge in [-0.1, -0.05) is 29.8 Å². The zero-order valence-corrected chi connectivity index (χ0v) is 14.7. The Morgan fingerprint density at radius 2 is 1.55 bits per heavy atom. The molecule has 22 heavy (non-hydrogen) atoms. The van der Waals surface area contributed by atoms with Crippen LogP contribution in [-0.4, -0.2) is 20.1 Å². The molecule has 0 unspecified atom stereocenters. The van der Waals surface area contributed by atoms with Crippen LogP contribution in [0.1, 0.15) is 45.7 Å². The lowest BCUT2D eigenvalue weighted by molar-refractivity contribution is 0.0569. The van der Waals surface area contributed by atoms with Gasteiger partial charge in [0.1, 0.15) is 5.60 Å². The van der Waals surface area contributed by atoms with E-state index >= 15 is 0 Å². The average molecular weight is 328 g/mol. The number of benzene rings is 1. The molecular weight excluding hydrogens is 304 g/mol. The Kier molecular flexibility index (Phi) is 5.25. The summed E-state index contributed by atoms with van der Waals surface area (Å²) in [5, 5.41) is 0. The van der Waals surface area contributed by atoms with Crippen LogP contribution in [0, 0.1) is 6.92 Å². The second-order valence-corrected chi connectivity index (χ2v) is 8.12. The fourth-order valence-corrected chi connectivity index (χ4v) is 2.90. The summed E-state index contributed by atoms with van der Waals surface area (Å²) in [4.78, 5) is 11.6. The Balaban J connectivity index is 2.82. The van der Waals surface area contributed by atoms with Gasteiger partial charge in [-0.3, -0.25) is 0 Å². The van der Waals surface area contributed by atoms with Crippen LogP contribution in [0.2, 0.25) is 0 Å². The standard InChI is InChI=1S/C15H24N2O4S/c1-11-7-9-12(10-8-11)15(5,6)17-22(19,20)16-13(18)21-14(2,3)4/h7-10,17H,1-6H3,(H,16,18). The van der Waals surface area contributed by atoms with Crippen LogP contribution in [0.3, 0.4) is 0 Å². The molecular formula is C15H24N2O4S. The van der Waals surface area contributed by atoms with Crippen molar-refractivity contribution in [3.63, 3.8) is 0 Å². The van der Waals surface area contributed by atoms with E-state index < -0.39 is 27.4 Å². The van der Waals surface area contributed by atoms with Gasteiger partial charge < -0.3 is 4.74 Å². The maximum absolute atomic E-state index is 12.1. The molecule has 0 spiro atoms. The van der Waals surface area contributed by atoms with Crippen molar-refractivity contribution in [1.29, 1.82) is 0 Å². The first-order chi connectivity index (χ1) is 9.81. The maximum atomic E-state index is 12.1. The van der Waals surface area contributed by atoms with E-state index in [0.717, 1.165) is 11.1 Å². The summed E-state index contributed by atoms with van der Waals surface area (Å²) in [5.41, 5.74) is 0.218. The minimum Gasteiger partial charge on any atom is -0.443 e. The summed E-state index contributed by atoms with van der Waals surface area (Å²) in [6.45, 7) is 10.3. The molecule has 7 heteroatoms. The summed E-state index contributed by atoms with van der Waals surface area (Å²) < 4.78 is 33.4. The van der Waals surface area contributed by atoms with Crippen LogP contribution in [0.4, 0.5) is 4.79 Å². The van der Waals surface area contributed by atoms with E-state index in [9.17, 15) is 13.2 Å². The third-order valence-corrected chi connectivity index (χ3v) is 3.99. The SMILES string of the molecule is Cc1ccc(C(C)(C)NS(=O)(=O)NC(=O)OC(C)(C)C)cc1. The molecule has 0 aliphatic carbocycles. The van der Waals surface area contributed by atoms with Crippen molar-refractivity contribution >= 4 is 16.3 Å². The minimum atomic E-state index is -4.04. The molecule has 1 aromatic rings. The number of aryl methyl sites for hydroxylation is 1. The monoisotopic (exact) mass is 328 g/mol. The summed E-state index contributed by atoms with van der Waals surface area (Å²) in [6.07, 6.45) is -1.01. The summed E-state index contributed by atoms with van der Waals surface area (Å²) >= 11 is 0.